The van der Waals surface area contributed by atoms with Crippen LogP contribution in [0.5, 0.6) is 0 Å². The molecule has 4 aromatic rings. The molecular formula is C29H29F3N4O3S. The molecule has 1 fully saturated rings. The number of benzene rings is 2. The van der Waals surface area contributed by atoms with Crippen molar-refractivity contribution in [2.45, 2.75) is 49.9 Å². The Hall–Kier alpha value is -3.70. The van der Waals surface area contributed by atoms with Crippen LogP contribution in [0, 0.1) is 0 Å². The van der Waals surface area contributed by atoms with Crippen molar-refractivity contribution >= 4 is 38.1 Å². The Labute approximate surface area is 230 Å². The normalized spacial score (nSPS) is 17.4. The first kappa shape index (κ1) is 27.9. The van der Waals surface area contributed by atoms with Gasteiger partial charge >= 0.3 is 6.18 Å². The molecule has 1 aliphatic rings. The predicted octanol–water partition coefficient (Wildman–Crippen LogP) is 6.10. The van der Waals surface area contributed by atoms with Crippen LogP contribution in [0.15, 0.2) is 70.5 Å². The number of ether oxygens (including phenoxy) is 1. The Bertz CT molecular complexity index is 1680. The van der Waals surface area contributed by atoms with Gasteiger partial charge in [0.25, 0.3) is 5.56 Å². The molecule has 2 atom stereocenters. The van der Waals surface area contributed by atoms with Crippen LogP contribution >= 0.6 is 0 Å². The monoisotopic (exact) mass is 570 g/mol. The molecule has 1 aliphatic heterocycles. The second-order valence-electron chi connectivity index (χ2n) is 9.76. The first-order valence-electron chi connectivity index (χ1n) is 13.0. The van der Waals surface area contributed by atoms with Gasteiger partial charge in [-0.1, -0.05) is 31.2 Å². The topological polar surface area (TPSA) is 86.1 Å². The number of fused-ring (bicyclic) bond motifs is 1. The molecule has 0 amide bonds. The number of rotatable bonds is 7. The average molecular weight is 571 g/mol. The summed E-state index contributed by atoms with van der Waals surface area (Å²) in [7, 11) is -2.48. The zero-order valence-corrected chi connectivity index (χ0v) is 22.7. The van der Waals surface area contributed by atoms with Gasteiger partial charge in [0, 0.05) is 40.1 Å². The number of anilines is 2. The van der Waals surface area contributed by atoms with Gasteiger partial charge in [0.2, 0.25) is 5.95 Å². The number of nitrogens with one attached hydrogen (secondary N) is 1. The molecule has 11 heteroatoms. The molecule has 210 valence electrons. The molecule has 0 saturated carbocycles. The lowest BCUT2D eigenvalue weighted by Crippen LogP contribution is -2.30. The number of aromatic nitrogens is 3. The maximum atomic E-state index is 13.6. The maximum absolute atomic E-state index is 13.6. The minimum absolute atomic E-state index is 0.0521. The molecule has 1 N–H and O–H groups in total. The van der Waals surface area contributed by atoms with E-state index < -0.39 is 27.8 Å². The smallest absolute Gasteiger partial charge is 0.374 e. The highest BCUT2D eigenvalue weighted by Gasteiger charge is 2.30. The summed E-state index contributed by atoms with van der Waals surface area (Å²) in [5.74, 6) is 4.15. The Balaban J connectivity index is 1.50. The van der Waals surface area contributed by atoms with Crippen LogP contribution in [0.2, 0.25) is 0 Å². The van der Waals surface area contributed by atoms with E-state index in [1.807, 2.05) is 24.3 Å². The molecule has 1 saturated heterocycles. The van der Waals surface area contributed by atoms with Crippen LogP contribution in [-0.4, -0.2) is 43.2 Å². The minimum Gasteiger partial charge on any atom is -0.374 e. The molecule has 0 bridgehead atoms. The van der Waals surface area contributed by atoms with E-state index in [-0.39, 0.29) is 28.6 Å². The summed E-state index contributed by atoms with van der Waals surface area (Å²) in [5.41, 5.74) is 1.16. The van der Waals surface area contributed by atoms with Crippen LogP contribution in [0.25, 0.3) is 22.2 Å². The van der Waals surface area contributed by atoms with Gasteiger partial charge in [-0.25, -0.2) is 4.98 Å². The summed E-state index contributed by atoms with van der Waals surface area (Å²) >= 11 is 0. The standard InChI is InChI=1S/C29H29F3N4O3S/c1-3-40(2,38)23-13-9-19(10-14-23)24-16-21-17-33-28(35-26(21)36(27(24)37)18-29(30,31)32)34-22-11-7-20(8-12-22)25-6-4-5-15-39-25/h7-14,16-17,25H,2-6,15,18H2,1H3,(H,33,34,35). The van der Waals surface area contributed by atoms with Crippen molar-refractivity contribution in [3.05, 3.63) is 76.7 Å². The third-order valence-corrected chi connectivity index (χ3v) is 9.01. The highest BCUT2D eigenvalue weighted by atomic mass is 32.2. The molecule has 0 radical (unpaired) electrons. The van der Waals surface area contributed by atoms with Crippen LogP contribution in [0.3, 0.4) is 0 Å². The second-order valence-corrected chi connectivity index (χ2v) is 12.4. The van der Waals surface area contributed by atoms with Gasteiger partial charge < -0.3 is 10.1 Å². The maximum Gasteiger partial charge on any atom is 0.406 e. The van der Waals surface area contributed by atoms with Crippen molar-refractivity contribution < 1.29 is 22.1 Å². The lowest BCUT2D eigenvalue weighted by molar-refractivity contribution is -0.140. The molecule has 40 heavy (non-hydrogen) atoms. The van der Waals surface area contributed by atoms with E-state index in [0.717, 1.165) is 31.4 Å². The van der Waals surface area contributed by atoms with Crippen molar-refractivity contribution in [3.63, 3.8) is 0 Å². The van der Waals surface area contributed by atoms with Crippen LogP contribution < -0.4 is 10.9 Å². The van der Waals surface area contributed by atoms with E-state index in [9.17, 15) is 22.2 Å². The SMILES string of the molecule is C=S(=O)(CC)c1ccc(-c2cc3cnc(Nc4ccc(C5CCCCO5)cc4)nc3n(CC(F)(F)F)c2=O)cc1. The first-order valence-corrected chi connectivity index (χ1v) is 14.8. The molecule has 0 spiro atoms. The van der Waals surface area contributed by atoms with E-state index in [2.05, 4.69) is 21.2 Å². The Kier molecular flexibility index (Phi) is 7.70. The van der Waals surface area contributed by atoms with Crippen molar-refractivity contribution in [1.82, 2.24) is 14.5 Å². The van der Waals surface area contributed by atoms with Gasteiger partial charge in [-0.3, -0.25) is 13.6 Å². The summed E-state index contributed by atoms with van der Waals surface area (Å²) in [6.45, 7) is 0.982. The number of alkyl halides is 3. The summed E-state index contributed by atoms with van der Waals surface area (Å²) in [6, 6.07) is 15.3. The van der Waals surface area contributed by atoms with E-state index in [1.54, 1.807) is 31.2 Å². The molecule has 2 unspecified atom stereocenters. The van der Waals surface area contributed by atoms with Gasteiger partial charge in [-0.2, -0.15) is 18.2 Å². The molecule has 2 aromatic carbocycles. The molecule has 3 heterocycles. The zero-order chi connectivity index (χ0) is 28.5. The van der Waals surface area contributed by atoms with Gasteiger partial charge in [0.1, 0.15) is 12.2 Å². The number of hydrogen-bond donors (Lipinski definition) is 1. The van der Waals surface area contributed by atoms with Gasteiger partial charge in [0.05, 0.1) is 6.10 Å². The summed E-state index contributed by atoms with van der Waals surface area (Å²) in [6.07, 6.45) is -0.0938. The summed E-state index contributed by atoms with van der Waals surface area (Å²) in [4.78, 5) is 22.4. The largest absolute Gasteiger partial charge is 0.406 e. The zero-order valence-electron chi connectivity index (χ0n) is 21.9. The second kappa shape index (κ2) is 11.1. The van der Waals surface area contributed by atoms with Crippen molar-refractivity contribution in [1.29, 1.82) is 0 Å². The van der Waals surface area contributed by atoms with Gasteiger partial charge in [-0.15, -0.1) is 0 Å². The first-order chi connectivity index (χ1) is 19.0. The summed E-state index contributed by atoms with van der Waals surface area (Å²) in [5, 5.41) is 3.29. The quantitative estimate of drug-likeness (QED) is 0.270. The fourth-order valence-electron chi connectivity index (χ4n) is 4.71. The van der Waals surface area contributed by atoms with E-state index in [1.165, 1.54) is 12.3 Å². The van der Waals surface area contributed by atoms with E-state index in [4.69, 9.17) is 4.74 Å². The number of hydrogen-bond acceptors (Lipinski definition) is 6. The Morgan fingerprint density at radius 2 is 1.85 bits per heavy atom. The summed E-state index contributed by atoms with van der Waals surface area (Å²) < 4.78 is 59.7. The number of nitrogens with zero attached hydrogens (tertiary/aromatic N) is 3. The molecule has 2 aromatic heterocycles. The Morgan fingerprint density at radius 3 is 2.48 bits per heavy atom. The lowest BCUT2D eigenvalue weighted by atomic mass is 10.0. The molecule has 5 rings (SSSR count). The van der Waals surface area contributed by atoms with Crippen molar-refractivity contribution in [2.75, 3.05) is 17.7 Å². The Morgan fingerprint density at radius 1 is 1.12 bits per heavy atom. The number of halogens is 3. The van der Waals surface area contributed by atoms with Gasteiger partial charge in [0.15, 0.2) is 0 Å². The average Bonchev–Trinajstić information content (AvgIpc) is 2.95. The van der Waals surface area contributed by atoms with E-state index in [0.29, 0.717) is 26.5 Å². The minimum atomic E-state index is -4.66. The third-order valence-electron chi connectivity index (χ3n) is 6.94. The predicted molar refractivity (Wildman–Crippen MR) is 152 cm³/mol. The molecule has 0 aliphatic carbocycles. The van der Waals surface area contributed by atoms with Crippen LogP contribution in [0.1, 0.15) is 37.9 Å². The lowest BCUT2D eigenvalue weighted by Gasteiger charge is -2.23. The van der Waals surface area contributed by atoms with Crippen molar-refractivity contribution in [3.8, 4) is 11.1 Å². The molecular weight excluding hydrogens is 541 g/mol. The fraction of sp³-hybridized carbons (Fsp3) is 0.310. The van der Waals surface area contributed by atoms with E-state index >= 15 is 0 Å². The highest BCUT2D eigenvalue weighted by Crippen LogP contribution is 2.29. The fourth-order valence-corrected chi connectivity index (χ4v) is 5.68. The number of pyridine rings is 1. The van der Waals surface area contributed by atoms with Crippen molar-refractivity contribution in [2.24, 2.45) is 0 Å². The highest BCUT2D eigenvalue weighted by molar-refractivity contribution is 8.00. The van der Waals surface area contributed by atoms with Crippen LogP contribution in [0.4, 0.5) is 24.8 Å². The molecule has 7 nitrogen and oxygen atoms in total. The third kappa shape index (κ3) is 6.05. The van der Waals surface area contributed by atoms with Gasteiger partial charge in [-0.05, 0) is 76.1 Å². The van der Waals surface area contributed by atoms with Crippen LogP contribution in [-0.2, 0) is 20.8 Å².